The third-order valence-corrected chi connectivity index (χ3v) is 4.26. The van der Waals surface area contributed by atoms with Crippen molar-refractivity contribution in [2.75, 3.05) is 20.1 Å². The van der Waals surface area contributed by atoms with Gasteiger partial charge in [0.15, 0.2) is 0 Å². The van der Waals surface area contributed by atoms with Gasteiger partial charge in [0.1, 0.15) is 0 Å². The summed E-state index contributed by atoms with van der Waals surface area (Å²) in [6.07, 6.45) is 4.97. The van der Waals surface area contributed by atoms with Gasteiger partial charge in [0.05, 0.1) is 5.92 Å². The van der Waals surface area contributed by atoms with Crippen LogP contribution in [0.3, 0.4) is 0 Å². The average molecular weight is 256 g/mol. The molecule has 4 heteroatoms. The van der Waals surface area contributed by atoms with Crippen LogP contribution in [0.1, 0.15) is 46.0 Å². The van der Waals surface area contributed by atoms with Gasteiger partial charge in [-0.05, 0) is 39.7 Å². The molecule has 0 aromatic carbocycles. The van der Waals surface area contributed by atoms with Gasteiger partial charge in [-0.25, -0.2) is 0 Å². The number of rotatable bonds is 7. The molecule has 0 aliphatic heterocycles. The molecule has 106 valence electrons. The van der Waals surface area contributed by atoms with Gasteiger partial charge in [-0.1, -0.05) is 13.3 Å². The van der Waals surface area contributed by atoms with E-state index in [1.807, 2.05) is 0 Å². The molecule has 3 unspecified atom stereocenters. The summed E-state index contributed by atoms with van der Waals surface area (Å²) in [7, 11) is 2.15. The summed E-state index contributed by atoms with van der Waals surface area (Å²) in [6.45, 7) is 6.43. The van der Waals surface area contributed by atoms with Crippen molar-refractivity contribution < 1.29 is 9.90 Å². The fourth-order valence-corrected chi connectivity index (χ4v) is 2.58. The summed E-state index contributed by atoms with van der Waals surface area (Å²) >= 11 is 0. The Morgan fingerprint density at radius 2 is 2.22 bits per heavy atom. The van der Waals surface area contributed by atoms with E-state index in [0.717, 1.165) is 38.8 Å². The minimum atomic E-state index is -0.627. The van der Waals surface area contributed by atoms with E-state index in [2.05, 4.69) is 31.1 Å². The van der Waals surface area contributed by atoms with E-state index >= 15 is 0 Å². The van der Waals surface area contributed by atoms with Gasteiger partial charge in [-0.2, -0.15) is 0 Å². The fourth-order valence-electron chi connectivity index (χ4n) is 2.58. The van der Waals surface area contributed by atoms with Crippen molar-refractivity contribution in [2.45, 2.75) is 58.0 Å². The standard InChI is InChI=1S/C14H28N2O2/c1-4-11(2)16(3)9-8-15-13-7-5-6-12(10-13)14(17)18/h11-13,15H,4-10H2,1-3H3,(H,17,18). The molecule has 0 aromatic heterocycles. The monoisotopic (exact) mass is 256 g/mol. The van der Waals surface area contributed by atoms with Crippen LogP contribution in [0.15, 0.2) is 0 Å². The van der Waals surface area contributed by atoms with E-state index in [9.17, 15) is 4.79 Å². The first-order valence-electron chi connectivity index (χ1n) is 7.21. The van der Waals surface area contributed by atoms with Crippen molar-refractivity contribution in [3.8, 4) is 0 Å². The summed E-state index contributed by atoms with van der Waals surface area (Å²) in [5.74, 6) is -0.762. The normalized spacial score (nSPS) is 26.2. The Balaban J connectivity index is 2.21. The summed E-state index contributed by atoms with van der Waals surface area (Å²) < 4.78 is 0. The number of likely N-dealkylation sites (N-methyl/N-ethyl adjacent to an activating group) is 1. The largest absolute Gasteiger partial charge is 0.481 e. The van der Waals surface area contributed by atoms with E-state index in [1.165, 1.54) is 6.42 Å². The van der Waals surface area contributed by atoms with E-state index in [-0.39, 0.29) is 5.92 Å². The van der Waals surface area contributed by atoms with Crippen LogP contribution in [0.5, 0.6) is 0 Å². The fraction of sp³-hybridized carbons (Fsp3) is 0.929. The molecule has 0 bridgehead atoms. The molecular weight excluding hydrogens is 228 g/mol. The van der Waals surface area contributed by atoms with Crippen LogP contribution in [0.2, 0.25) is 0 Å². The molecule has 2 N–H and O–H groups in total. The molecule has 1 rings (SSSR count). The molecular formula is C14H28N2O2. The van der Waals surface area contributed by atoms with E-state index in [0.29, 0.717) is 12.1 Å². The van der Waals surface area contributed by atoms with Gasteiger partial charge < -0.3 is 15.3 Å². The van der Waals surface area contributed by atoms with Crippen molar-refractivity contribution in [1.82, 2.24) is 10.2 Å². The number of carbonyl (C=O) groups is 1. The minimum absolute atomic E-state index is 0.136. The molecule has 18 heavy (non-hydrogen) atoms. The van der Waals surface area contributed by atoms with Gasteiger partial charge in [0.25, 0.3) is 0 Å². The van der Waals surface area contributed by atoms with Gasteiger partial charge in [-0.15, -0.1) is 0 Å². The molecule has 4 nitrogen and oxygen atoms in total. The second-order valence-electron chi connectivity index (χ2n) is 5.59. The van der Waals surface area contributed by atoms with E-state index < -0.39 is 5.97 Å². The van der Waals surface area contributed by atoms with Gasteiger partial charge in [0, 0.05) is 25.2 Å². The molecule has 1 fully saturated rings. The van der Waals surface area contributed by atoms with Crippen LogP contribution in [-0.4, -0.2) is 48.2 Å². The van der Waals surface area contributed by atoms with Crippen molar-refractivity contribution in [1.29, 1.82) is 0 Å². The van der Waals surface area contributed by atoms with Gasteiger partial charge in [-0.3, -0.25) is 4.79 Å². The molecule has 0 amide bonds. The highest BCUT2D eigenvalue weighted by molar-refractivity contribution is 5.70. The summed E-state index contributed by atoms with van der Waals surface area (Å²) in [6, 6.07) is 1.01. The number of carboxylic acid groups (broad SMARTS) is 1. The minimum Gasteiger partial charge on any atom is -0.481 e. The number of nitrogens with one attached hydrogen (secondary N) is 1. The third-order valence-electron chi connectivity index (χ3n) is 4.26. The maximum Gasteiger partial charge on any atom is 0.306 e. The smallest absolute Gasteiger partial charge is 0.306 e. The van der Waals surface area contributed by atoms with Crippen LogP contribution in [0.4, 0.5) is 0 Å². The zero-order valence-corrected chi connectivity index (χ0v) is 12.0. The Morgan fingerprint density at radius 1 is 1.50 bits per heavy atom. The number of hydrogen-bond donors (Lipinski definition) is 2. The number of aliphatic carboxylic acids is 1. The second kappa shape index (κ2) is 7.74. The quantitative estimate of drug-likeness (QED) is 0.731. The Bertz CT molecular complexity index is 258. The van der Waals surface area contributed by atoms with Gasteiger partial charge in [0.2, 0.25) is 0 Å². The van der Waals surface area contributed by atoms with E-state index in [4.69, 9.17) is 5.11 Å². The summed E-state index contributed by atoms with van der Waals surface area (Å²) in [4.78, 5) is 13.3. The topological polar surface area (TPSA) is 52.6 Å². The number of hydrogen-bond acceptors (Lipinski definition) is 3. The molecule has 1 aliphatic rings. The molecule has 0 heterocycles. The lowest BCUT2D eigenvalue weighted by Gasteiger charge is -2.29. The maximum absolute atomic E-state index is 11.0. The lowest BCUT2D eigenvalue weighted by atomic mass is 9.86. The highest BCUT2D eigenvalue weighted by atomic mass is 16.4. The van der Waals surface area contributed by atoms with Crippen molar-refractivity contribution in [3.63, 3.8) is 0 Å². The zero-order chi connectivity index (χ0) is 13.5. The van der Waals surface area contributed by atoms with Crippen molar-refractivity contribution >= 4 is 5.97 Å². The molecule has 0 radical (unpaired) electrons. The highest BCUT2D eigenvalue weighted by Crippen LogP contribution is 2.24. The molecule has 1 aliphatic carbocycles. The van der Waals surface area contributed by atoms with Crippen molar-refractivity contribution in [3.05, 3.63) is 0 Å². The van der Waals surface area contributed by atoms with Crippen LogP contribution >= 0.6 is 0 Å². The van der Waals surface area contributed by atoms with Crippen molar-refractivity contribution in [2.24, 2.45) is 5.92 Å². The van der Waals surface area contributed by atoms with Crippen LogP contribution in [0.25, 0.3) is 0 Å². The first-order chi connectivity index (χ1) is 8.54. The molecule has 0 saturated heterocycles. The Labute approximate surface area is 111 Å². The zero-order valence-electron chi connectivity index (χ0n) is 12.0. The summed E-state index contributed by atoms with van der Waals surface area (Å²) in [5.41, 5.74) is 0. The van der Waals surface area contributed by atoms with Crippen LogP contribution in [-0.2, 0) is 4.79 Å². The summed E-state index contributed by atoms with van der Waals surface area (Å²) in [5, 5.41) is 12.5. The Kier molecular flexibility index (Phi) is 6.65. The van der Waals surface area contributed by atoms with E-state index in [1.54, 1.807) is 0 Å². The Morgan fingerprint density at radius 3 is 2.83 bits per heavy atom. The SMILES string of the molecule is CCC(C)N(C)CCNC1CCCC(C(=O)O)C1. The Hall–Kier alpha value is -0.610. The predicted molar refractivity (Wildman–Crippen MR) is 73.8 cm³/mol. The second-order valence-corrected chi connectivity index (χ2v) is 5.59. The first kappa shape index (κ1) is 15.4. The first-order valence-corrected chi connectivity index (χ1v) is 7.21. The van der Waals surface area contributed by atoms with Crippen LogP contribution in [0, 0.1) is 5.92 Å². The number of carboxylic acids is 1. The highest BCUT2D eigenvalue weighted by Gasteiger charge is 2.26. The molecule has 0 aromatic rings. The maximum atomic E-state index is 11.0. The lowest BCUT2D eigenvalue weighted by molar-refractivity contribution is -0.143. The lowest BCUT2D eigenvalue weighted by Crippen LogP contribution is -2.41. The molecule has 1 saturated carbocycles. The van der Waals surface area contributed by atoms with Gasteiger partial charge >= 0.3 is 5.97 Å². The predicted octanol–water partition coefficient (Wildman–Crippen LogP) is 1.95. The molecule has 3 atom stereocenters. The molecule has 0 spiro atoms. The van der Waals surface area contributed by atoms with Crippen LogP contribution < -0.4 is 5.32 Å². The average Bonchev–Trinajstić information content (AvgIpc) is 2.38. The number of nitrogens with zero attached hydrogens (tertiary/aromatic N) is 1. The third kappa shape index (κ3) is 4.94.